The Labute approximate surface area is 525 Å². The van der Waals surface area contributed by atoms with E-state index in [0.29, 0.717) is 0 Å². The maximum atomic E-state index is 2.91. The molecule has 3 heterocycles. The van der Waals surface area contributed by atoms with Gasteiger partial charge < -0.3 is 14.7 Å². The van der Waals surface area contributed by atoms with Crippen molar-refractivity contribution in [1.82, 2.24) is 0 Å². The van der Waals surface area contributed by atoms with Crippen LogP contribution in [-0.2, 0) is 48.7 Å². The molecule has 0 bridgehead atoms. The first kappa shape index (κ1) is 57.4. The molecule has 1 saturated carbocycles. The number of hydrogen-bond donors (Lipinski definition) is 0. The van der Waals surface area contributed by atoms with Gasteiger partial charge in [0.25, 0.3) is 6.71 Å². The van der Waals surface area contributed by atoms with Gasteiger partial charge in [-0.2, -0.15) is 0 Å². The van der Waals surface area contributed by atoms with Crippen molar-refractivity contribution in [3.63, 3.8) is 0 Å². The van der Waals surface area contributed by atoms with Gasteiger partial charge in [0, 0.05) is 50.9 Å². The van der Waals surface area contributed by atoms with Crippen molar-refractivity contribution in [1.29, 1.82) is 0 Å². The Balaban J connectivity index is 1.10. The van der Waals surface area contributed by atoms with Crippen LogP contribution >= 0.6 is 0 Å². The SMILES string of the molecule is Cc1ccccc1-c1ccc2c(c1)C1(C)CCCCC1(C)N2c1cc2c3c(c1)N(c1ccc4c(c1)C(C)(C)CCC4(C)C)c1cc4c(cc1B3c1cc3c(cc1N2c1ccc2c(c1)C(C)(C)CCC2(C)C)C(C)(C)CCC3(C)C)C(C)(C)CCC4(C)C. The van der Waals surface area contributed by atoms with Crippen molar-refractivity contribution in [2.24, 2.45) is 0 Å². The molecular weight excluding hydrogens is 1050 g/mol. The third-order valence-electron chi connectivity index (χ3n) is 26.0. The van der Waals surface area contributed by atoms with E-state index < -0.39 is 0 Å². The summed E-state index contributed by atoms with van der Waals surface area (Å²) >= 11 is 0. The molecule has 7 aromatic carbocycles. The lowest BCUT2D eigenvalue weighted by Gasteiger charge is -2.52. The molecular formula is C83H100BN3. The lowest BCUT2D eigenvalue weighted by atomic mass is 9.32. The van der Waals surface area contributed by atoms with Crippen LogP contribution in [0.1, 0.15) is 257 Å². The topological polar surface area (TPSA) is 9.72 Å². The van der Waals surface area contributed by atoms with E-state index in [1.54, 1.807) is 11.1 Å². The van der Waals surface area contributed by atoms with Gasteiger partial charge in [-0.1, -0.05) is 185 Å². The zero-order valence-corrected chi connectivity index (χ0v) is 56.9. The van der Waals surface area contributed by atoms with E-state index >= 15 is 0 Å². The summed E-state index contributed by atoms with van der Waals surface area (Å²) in [6.45, 7) is 47.9. The molecule has 4 heteroatoms. The molecule has 87 heavy (non-hydrogen) atoms. The summed E-state index contributed by atoms with van der Waals surface area (Å²) in [5.41, 5.74) is 32.8. The number of aryl methyl sites for hydroxylation is 1. The maximum absolute atomic E-state index is 2.91. The second-order valence-electron chi connectivity index (χ2n) is 35.1. The number of benzene rings is 7. The van der Waals surface area contributed by atoms with E-state index in [1.807, 2.05) is 0 Å². The second kappa shape index (κ2) is 18.1. The zero-order valence-electron chi connectivity index (χ0n) is 56.9. The highest BCUT2D eigenvalue weighted by atomic mass is 15.3. The normalized spacial score (nSPS) is 25.4. The van der Waals surface area contributed by atoms with Crippen LogP contribution < -0.4 is 31.1 Å². The Morgan fingerprint density at radius 2 is 0.724 bits per heavy atom. The molecule has 1 fully saturated rings. The Bertz CT molecular complexity index is 3910. The van der Waals surface area contributed by atoms with Gasteiger partial charge in [0.15, 0.2) is 0 Å². The van der Waals surface area contributed by atoms with Crippen molar-refractivity contribution >= 4 is 68.6 Å². The van der Waals surface area contributed by atoms with Gasteiger partial charge in [-0.15, -0.1) is 0 Å². The van der Waals surface area contributed by atoms with Crippen LogP contribution in [0.25, 0.3) is 11.1 Å². The van der Waals surface area contributed by atoms with Crippen molar-refractivity contribution in [3.8, 4) is 11.1 Å². The van der Waals surface area contributed by atoms with Gasteiger partial charge in [-0.25, -0.2) is 0 Å². The minimum absolute atomic E-state index is 0.00195. The monoisotopic (exact) mass is 1150 g/mol. The fourth-order valence-electron chi connectivity index (χ4n) is 19.4. The summed E-state index contributed by atoms with van der Waals surface area (Å²) in [6, 6.07) is 48.7. The number of anilines is 8. The number of fused-ring (bicyclic) bond motifs is 11. The molecule has 0 aromatic heterocycles. The van der Waals surface area contributed by atoms with Crippen LogP contribution in [0, 0.1) is 6.92 Å². The maximum Gasteiger partial charge on any atom is 0.252 e. The van der Waals surface area contributed by atoms with Crippen LogP contribution in [0.5, 0.6) is 0 Å². The fraction of sp³-hybridized carbons (Fsp3) is 0.494. The van der Waals surface area contributed by atoms with Crippen LogP contribution in [0.15, 0.2) is 115 Å². The molecule has 2 unspecified atom stereocenters. The molecule has 0 amide bonds. The fourth-order valence-corrected chi connectivity index (χ4v) is 19.4. The summed E-state index contributed by atoms with van der Waals surface area (Å²) < 4.78 is 0. The van der Waals surface area contributed by atoms with Crippen molar-refractivity contribution in [2.75, 3.05) is 14.7 Å². The Morgan fingerprint density at radius 3 is 1.17 bits per heavy atom. The van der Waals surface area contributed by atoms with Gasteiger partial charge in [0.2, 0.25) is 0 Å². The summed E-state index contributed by atoms with van der Waals surface area (Å²) in [6.07, 6.45) is 14.2. The molecule has 2 atom stereocenters. The van der Waals surface area contributed by atoms with E-state index in [-0.39, 0.29) is 61.0 Å². The standard InChI is InChI=1S/C83H100BN3/c1-51-24-20-21-25-56(51)52-26-31-68-65(42-52)82(18)32-22-23-33-83(82,19)87(68)55-45-71-73-72(46-55)86(54-28-30-58-60(44-54)77(8,9)37-35-75(58,4)5)70-50-64-62(79(12,13)39-41-81(64,16)17)48-67(70)84(73)66-47-61-63(80(14,15)40-38-78(61,10)11)49-69(66)85(71)53-27-29-57-59(43-53)76(6,7)36-34-74(57,2)3/h20-21,24-31,42-50H,22-23,32-41H2,1-19H3. The lowest BCUT2D eigenvalue weighted by molar-refractivity contribution is 0.195. The predicted molar refractivity (Wildman–Crippen MR) is 375 cm³/mol. The molecule has 0 radical (unpaired) electrons. The Morgan fingerprint density at radius 1 is 0.322 bits per heavy atom. The van der Waals surface area contributed by atoms with Crippen LogP contribution in [0.2, 0.25) is 0 Å². The molecule has 0 saturated heterocycles. The minimum atomic E-state index is -0.181. The molecule has 5 aliphatic carbocycles. The first-order valence-electron chi connectivity index (χ1n) is 34.2. The van der Waals surface area contributed by atoms with Gasteiger partial charge in [0.05, 0.1) is 5.54 Å². The largest absolute Gasteiger partial charge is 0.334 e. The van der Waals surface area contributed by atoms with Gasteiger partial charge in [-0.3, -0.25) is 0 Å². The van der Waals surface area contributed by atoms with Crippen LogP contribution in [0.3, 0.4) is 0 Å². The molecule has 0 spiro atoms. The first-order valence-corrected chi connectivity index (χ1v) is 34.2. The van der Waals surface area contributed by atoms with Crippen molar-refractivity contribution in [3.05, 3.63) is 171 Å². The average Bonchev–Trinajstić information content (AvgIpc) is 1.62. The van der Waals surface area contributed by atoms with Gasteiger partial charge >= 0.3 is 0 Å². The highest BCUT2D eigenvalue weighted by molar-refractivity contribution is 7.00. The first-order chi connectivity index (χ1) is 40.7. The number of rotatable bonds is 4. The van der Waals surface area contributed by atoms with E-state index in [2.05, 4.69) is 262 Å². The quantitative estimate of drug-likeness (QED) is 0.163. The highest BCUT2D eigenvalue weighted by Gasteiger charge is 2.59. The summed E-state index contributed by atoms with van der Waals surface area (Å²) in [5.74, 6) is 0. The molecule has 3 aliphatic heterocycles. The Hall–Kier alpha value is -6.00. The predicted octanol–water partition coefficient (Wildman–Crippen LogP) is 20.9. The van der Waals surface area contributed by atoms with Crippen LogP contribution in [0.4, 0.5) is 45.5 Å². The molecule has 8 aliphatic rings. The van der Waals surface area contributed by atoms with Gasteiger partial charge in [-0.05, 0) is 265 Å². The van der Waals surface area contributed by atoms with E-state index in [4.69, 9.17) is 0 Å². The van der Waals surface area contributed by atoms with E-state index in [9.17, 15) is 0 Å². The van der Waals surface area contributed by atoms with Crippen molar-refractivity contribution in [2.45, 2.75) is 263 Å². The van der Waals surface area contributed by atoms with Crippen LogP contribution in [-0.4, -0.2) is 12.3 Å². The summed E-state index contributed by atoms with van der Waals surface area (Å²) in [5, 5.41) is 0. The average molecular weight is 1150 g/mol. The summed E-state index contributed by atoms with van der Waals surface area (Å²) in [7, 11) is 0. The zero-order chi connectivity index (χ0) is 61.5. The molecule has 15 rings (SSSR count). The van der Waals surface area contributed by atoms with Crippen molar-refractivity contribution < 1.29 is 0 Å². The Kier molecular flexibility index (Phi) is 12.0. The third-order valence-corrected chi connectivity index (χ3v) is 26.0. The summed E-state index contributed by atoms with van der Waals surface area (Å²) in [4.78, 5) is 8.57. The number of nitrogens with zero attached hydrogens (tertiary/aromatic N) is 3. The van der Waals surface area contributed by atoms with E-state index in [1.165, 1.54) is 188 Å². The molecule has 7 aromatic rings. The van der Waals surface area contributed by atoms with E-state index in [0.717, 1.165) is 6.42 Å². The smallest absolute Gasteiger partial charge is 0.252 e. The molecule has 450 valence electrons. The number of hydrogen-bond acceptors (Lipinski definition) is 3. The lowest BCUT2D eigenvalue weighted by Crippen LogP contribution is -2.62. The molecule has 0 N–H and O–H groups in total. The third kappa shape index (κ3) is 8.04. The molecule has 3 nitrogen and oxygen atoms in total. The minimum Gasteiger partial charge on any atom is -0.334 e. The van der Waals surface area contributed by atoms with Gasteiger partial charge in [0.1, 0.15) is 0 Å². The highest BCUT2D eigenvalue weighted by Crippen LogP contribution is 2.63. The second-order valence-corrected chi connectivity index (χ2v) is 35.1.